The minimum Gasteiger partial charge on any atom is -0.450 e. The number of hydrogen-bond acceptors (Lipinski definition) is 3. The van der Waals surface area contributed by atoms with Crippen molar-refractivity contribution in [1.82, 2.24) is 0 Å². The highest BCUT2D eigenvalue weighted by Gasteiger charge is 1.94. The second-order valence-corrected chi connectivity index (χ2v) is 2.25. The van der Waals surface area contributed by atoms with Gasteiger partial charge in [-0.15, -0.1) is 0 Å². The van der Waals surface area contributed by atoms with E-state index in [9.17, 15) is 4.79 Å². The van der Waals surface area contributed by atoms with Crippen LogP contribution in [-0.2, 0) is 4.74 Å². The summed E-state index contributed by atoms with van der Waals surface area (Å²) in [5, 5.41) is 16.4. The van der Waals surface area contributed by atoms with Crippen LogP contribution in [0, 0.1) is 0 Å². The maximum Gasteiger partial charge on any atom is 0.505 e. The van der Waals surface area contributed by atoms with E-state index >= 15 is 0 Å². The Hall–Kier alpha value is -0.770. The predicted octanol–water partition coefficient (Wildman–Crippen LogP) is 1.23. The maximum atomic E-state index is 9.83. The van der Waals surface area contributed by atoms with Gasteiger partial charge >= 0.3 is 6.16 Å². The highest BCUT2D eigenvalue weighted by molar-refractivity contribution is 5.56. The summed E-state index contributed by atoms with van der Waals surface area (Å²) in [7, 11) is 0. The molecule has 0 aliphatic rings. The number of carbonyl (C=O) groups is 1. The lowest BCUT2D eigenvalue weighted by atomic mass is 10.2. The van der Waals surface area contributed by atoms with Crippen molar-refractivity contribution in [2.45, 2.75) is 25.7 Å². The fourth-order valence-corrected chi connectivity index (χ4v) is 0.727. The highest BCUT2D eigenvalue weighted by Crippen LogP contribution is 1.98. The molecule has 0 aliphatic heterocycles. The molecule has 0 spiro atoms. The van der Waals surface area contributed by atoms with Crippen LogP contribution in [0.1, 0.15) is 25.7 Å². The summed E-state index contributed by atoms with van der Waals surface area (Å²) >= 11 is 0. The van der Waals surface area contributed by atoms with Crippen LogP contribution in [0.3, 0.4) is 0 Å². The van der Waals surface area contributed by atoms with Gasteiger partial charge in [0.05, 0.1) is 6.61 Å². The Morgan fingerprint density at radius 1 is 1.18 bits per heavy atom. The molecule has 4 heteroatoms. The smallest absolute Gasteiger partial charge is 0.450 e. The SMILES string of the molecule is O=C(O)OCCCCCCO. The van der Waals surface area contributed by atoms with Crippen LogP contribution < -0.4 is 0 Å². The molecule has 0 aromatic carbocycles. The molecule has 0 atom stereocenters. The molecule has 0 amide bonds. The topological polar surface area (TPSA) is 66.8 Å². The Morgan fingerprint density at radius 3 is 2.36 bits per heavy atom. The molecule has 0 aromatic heterocycles. The number of carboxylic acid groups (broad SMARTS) is 1. The number of unbranched alkanes of at least 4 members (excludes halogenated alkanes) is 3. The van der Waals surface area contributed by atoms with Gasteiger partial charge in [-0.1, -0.05) is 6.42 Å². The van der Waals surface area contributed by atoms with Crippen LogP contribution in [0.4, 0.5) is 4.79 Å². The molecular weight excluding hydrogens is 148 g/mol. The molecule has 4 nitrogen and oxygen atoms in total. The van der Waals surface area contributed by atoms with Crippen molar-refractivity contribution in [2.75, 3.05) is 13.2 Å². The van der Waals surface area contributed by atoms with Crippen molar-refractivity contribution in [3.05, 3.63) is 0 Å². The summed E-state index contributed by atoms with van der Waals surface area (Å²) < 4.78 is 4.28. The van der Waals surface area contributed by atoms with Crippen molar-refractivity contribution < 1.29 is 19.7 Å². The monoisotopic (exact) mass is 162 g/mol. The minimum absolute atomic E-state index is 0.208. The van der Waals surface area contributed by atoms with Crippen molar-refractivity contribution in [3.63, 3.8) is 0 Å². The first-order valence-corrected chi connectivity index (χ1v) is 3.74. The third-order valence-corrected chi connectivity index (χ3v) is 1.28. The van der Waals surface area contributed by atoms with E-state index in [2.05, 4.69) is 4.74 Å². The zero-order chi connectivity index (χ0) is 8.53. The van der Waals surface area contributed by atoms with Gasteiger partial charge in [0.25, 0.3) is 0 Å². The van der Waals surface area contributed by atoms with Crippen molar-refractivity contribution in [1.29, 1.82) is 0 Å². The molecule has 0 rings (SSSR count). The molecule has 0 saturated carbocycles. The maximum absolute atomic E-state index is 9.83. The molecule has 2 N–H and O–H groups in total. The Labute approximate surface area is 65.8 Å². The predicted molar refractivity (Wildman–Crippen MR) is 39.5 cm³/mol. The fourth-order valence-electron chi connectivity index (χ4n) is 0.727. The van der Waals surface area contributed by atoms with Gasteiger partial charge < -0.3 is 14.9 Å². The highest BCUT2D eigenvalue weighted by atomic mass is 16.7. The number of aliphatic hydroxyl groups is 1. The van der Waals surface area contributed by atoms with Crippen LogP contribution in [0.5, 0.6) is 0 Å². The summed E-state index contributed by atoms with van der Waals surface area (Å²) in [6.07, 6.45) is 2.15. The van der Waals surface area contributed by atoms with Crippen LogP contribution in [0.15, 0.2) is 0 Å². The lowest BCUT2D eigenvalue weighted by Crippen LogP contribution is -2.01. The standard InChI is InChI=1S/C7H14O4/c8-5-3-1-2-4-6-11-7(9)10/h8H,1-6H2,(H,9,10). The van der Waals surface area contributed by atoms with E-state index in [1.807, 2.05) is 0 Å². The zero-order valence-corrected chi connectivity index (χ0v) is 6.45. The molecule has 0 fully saturated rings. The third-order valence-electron chi connectivity index (χ3n) is 1.28. The summed E-state index contributed by atoms with van der Waals surface area (Å²) in [5.41, 5.74) is 0. The Balaban J connectivity index is 2.85. The molecule has 11 heavy (non-hydrogen) atoms. The molecule has 66 valence electrons. The number of rotatable bonds is 6. The van der Waals surface area contributed by atoms with E-state index in [0.29, 0.717) is 0 Å². The van der Waals surface area contributed by atoms with E-state index < -0.39 is 6.16 Å². The van der Waals surface area contributed by atoms with E-state index in [4.69, 9.17) is 10.2 Å². The van der Waals surface area contributed by atoms with Crippen LogP contribution in [0.25, 0.3) is 0 Å². The first-order chi connectivity index (χ1) is 5.27. The van der Waals surface area contributed by atoms with Crippen LogP contribution >= 0.6 is 0 Å². The lowest BCUT2D eigenvalue weighted by molar-refractivity contribution is 0.0898. The zero-order valence-electron chi connectivity index (χ0n) is 6.45. The average molecular weight is 162 g/mol. The Kier molecular flexibility index (Phi) is 6.82. The summed E-state index contributed by atoms with van der Waals surface area (Å²) in [5.74, 6) is 0. The fraction of sp³-hybridized carbons (Fsp3) is 0.857. The third kappa shape index (κ3) is 9.23. The molecule has 0 radical (unpaired) electrons. The second kappa shape index (κ2) is 7.34. The first kappa shape index (κ1) is 10.2. The van der Waals surface area contributed by atoms with Gasteiger partial charge in [-0.25, -0.2) is 4.79 Å². The van der Waals surface area contributed by atoms with E-state index in [1.165, 1.54) is 0 Å². The molecule has 0 aliphatic carbocycles. The quantitative estimate of drug-likeness (QED) is 0.455. The van der Waals surface area contributed by atoms with Gasteiger partial charge in [-0.3, -0.25) is 0 Å². The van der Waals surface area contributed by atoms with Gasteiger partial charge in [0, 0.05) is 6.61 Å². The Morgan fingerprint density at radius 2 is 1.82 bits per heavy atom. The minimum atomic E-state index is -1.22. The number of hydrogen-bond donors (Lipinski definition) is 2. The molecule has 0 bridgehead atoms. The van der Waals surface area contributed by atoms with Crippen LogP contribution in [0.2, 0.25) is 0 Å². The number of aliphatic hydroxyl groups excluding tert-OH is 1. The lowest BCUT2D eigenvalue weighted by Gasteiger charge is -1.99. The van der Waals surface area contributed by atoms with Gasteiger partial charge in [0.1, 0.15) is 0 Å². The molecule has 0 aromatic rings. The first-order valence-electron chi connectivity index (χ1n) is 3.74. The summed E-state index contributed by atoms with van der Waals surface area (Å²) in [4.78, 5) is 9.83. The molecule has 0 saturated heterocycles. The van der Waals surface area contributed by atoms with Gasteiger partial charge in [0.2, 0.25) is 0 Å². The van der Waals surface area contributed by atoms with Crippen LogP contribution in [-0.4, -0.2) is 29.6 Å². The second-order valence-electron chi connectivity index (χ2n) is 2.25. The van der Waals surface area contributed by atoms with Gasteiger partial charge in [-0.05, 0) is 19.3 Å². The van der Waals surface area contributed by atoms with Crippen molar-refractivity contribution >= 4 is 6.16 Å². The average Bonchev–Trinajstić information content (AvgIpc) is 1.96. The molecule has 0 heterocycles. The Bertz CT molecular complexity index is 103. The largest absolute Gasteiger partial charge is 0.505 e. The van der Waals surface area contributed by atoms with E-state index in [0.717, 1.165) is 25.7 Å². The van der Waals surface area contributed by atoms with Crippen molar-refractivity contribution in [2.24, 2.45) is 0 Å². The molecular formula is C7H14O4. The van der Waals surface area contributed by atoms with Gasteiger partial charge in [0.15, 0.2) is 0 Å². The molecule has 0 unspecified atom stereocenters. The van der Waals surface area contributed by atoms with Crippen molar-refractivity contribution in [3.8, 4) is 0 Å². The summed E-state index contributed by atoms with van der Waals surface area (Å²) in [6, 6.07) is 0. The van der Waals surface area contributed by atoms with E-state index in [-0.39, 0.29) is 13.2 Å². The van der Waals surface area contributed by atoms with Gasteiger partial charge in [-0.2, -0.15) is 0 Å². The normalized spacial score (nSPS) is 9.55. The van der Waals surface area contributed by atoms with E-state index in [1.54, 1.807) is 0 Å². The number of ether oxygens (including phenoxy) is 1. The summed E-state index contributed by atoms with van der Waals surface area (Å²) in [6.45, 7) is 0.473.